The maximum Gasteiger partial charge on any atom is 0.379 e. The molecule has 1 aromatic rings. The quantitative estimate of drug-likeness (QED) is 0.817. The van der Waals surface area contributed by atoms with Crippen molar-refractivity contribution in [2.45, 2.75) is 25.8 Å². The molecule has 0 radical (unpaired) electrons. The normalized spacial score (nSPS) is 13.2. The number of ether oxygens (including phenoxy) is 1. The number of carbonyl (C=O) groups excluding carboxylic acids is 1. The van der Waals surface area contributed by atoms with Crippen molar-refractivity contribution in [1.29, 1.82) is 0 Å². The predicted molar refractivity (Wildman–Crippen MR) is 57.5 cm³/mol. The van der Waals surface area contributed by atoms with Crippen molar-refractivity contribution in [3.05, 3.63) is 29.6 Å². The first-order chi connectivity index (χ1) is 7.89. The molecule has 1 aromatic heterocycles. The van der Waals surface area contributed by atoms with Crippen molar-refractivity contribution in [2.24, 2.45) is 5.73 Å². The molecule has 0 spiro atoms. The molecule has 6 heteroatoms. The minimum Gasteiger partial charge on any atom is -0.462 e. The molecule has 1 atom stereocenters. The van der Waals surface area contributed by atoms with Crippen LogP contribution in [0.25, 0.3) is 0 Å². The highest BCUT2D eigenvalue weighted by molar-refractivity contribution is 5.78. The number of pyridine rings is 1. The van der Waals surface area contributed by atoms with E-state index in [1.54, 1.807) is 19.1 Å². The lowest BCUT2D eigenvalue weighted by Gasteiger charge is -2.21. The van der Waals surface area contributed by atoms with E-state index in [1.807, 2.05) is 0 Å². The second-order valence-electron chi connectivity index (χ2n) is 3.52. The number of aryl methyl sites for hydroxylation is 1. The Balaban J connectivity index is 2.95. The van der Waals surface area contributed by atoms with Gasteiger partial charge in [-0.3, -0.25) is 4.98 Å². The zero-order chi connectivity index (χ0) is 13.1. The van der Waals surface area contributed by atoms with Gasteiger partial charge in [-0.25, -0.2) is 4.79 Å². The lowest BCUT2D eigenvalue weighted by atomic mass is 10.1. The highest BCUT2D eigenvalue weighted by atomic mass is 19.3. The monoisotopic (exact) mass is 244 g/mol. The summed E-state index contributed by atoms with van der Waals surface area (Å²) >= 11 is 0. The average Bonchev–Trinajstić information content (AvgIpc) is 2.28. The zero-order valence-electron chi connectivity index (χ0n) is 9.61. The average molecular weight is 244 g/mol. The van der Waals surface area contributed by atoms with Crippen LogP contribution in [0.1, 0.15) is 24.4 Å². The summed E-state index contributed by atoms with van der Waals surface area (Å²) in [6.07, 6.45) is 0. The van der Waals surface area contributed by atoms with Crippen LogP contribution in [-0.2, 0) is 9.53 Å². The molecular weight excluding hydrogens is 230 g/mol. The summed E-state index contributed by atoms with van der Waals surface area (Å²) in [5.74, 6) is -5.41. The van der Waals surface area contributed by atoms with Crippen LogP contribution < -0.4 is 5.73 Å². The van der Waals surface area contributed by atoms with E-state index in [-0.39, 0.29) is 12.3 Å². The number of hydrogen-bond donors (Lipinski definition) is 1. The molecule has 0 aliphatic carbocycles. The summed E-state index contributed by atoms with van der Waals surface area (Å²) in [7, 11) is 0. The second-order valence-corrected chi connectivity index (χ2v) is 3.52. The molecule has 0 amide bonds. The molecule has 17 heavy (non-hydrogen) atoms. The fraction of sp³-hybridized carbons (Fsp3) is 0.455. The molecule has 1 heterocycles. The highest BCUT2D eigenvalue weighted by Gasteiger charge is 2.48. The summed E-state index contributed by atoms with van der Waals surface area (Å²) in [5.41, 5.74) is 5.87. The molecule has 4 nitrogen and oxygen atoms in total. The van der Waals surface area contributed by atoms with Crippen molar-refractivity contribution in [3.8, 4) is 0 Å². The maximum absolute atomic E-state index is 13.6. The zero-order valence-corrected chi connectivity index (χ0v) is 9.61. The van der Waals surface area contributed by atoms with E-state index < -0.39 is 17.9 Å². The fourth-order valence-corrected chi connectivity index (χ4v) is 1.28. The standard InChI is InChI=1S/C11H14F2N2O2/c1-3-17-10(16)11(12,13)9(14)8-6-4-5-7(2)15-8/h4-6,9H,3,14H2,1-2H3/t9-/m0/s1. The van der Waals surface area contributed by atoms with Gasteiger partial charge in [0.25, 0.3) is 0 Å². The first kappa shape index (κ1) is 13.5. The highest BCUT2D eigenvalue weighted by Crippen LogP contribution is 2.29. The molecule has 0 aliphatic rings. The molecule has 94 valence electrons. The SMILES string of the molecule is CCOC(=O)C(F)(F)[C@@H](N)c1cccc(C)n1. The molecular formula is C11H14F2N2O2. The summed E-state index contributed by atoms with van der Waals surface area (Å²) in [5, 5.41) is 0. The number of hydrogen-bond acceptors (Lipinski definition) is 4. The molecule has 0 unspecified atom stereocenters. The van der Waals surface area contributed by atoms with Crippen molar-refractivity contribution < 1.29 is 18.3 Å². The number of aromatic nitrogens is 1. The Morgan fingerprint density at radius 3 is 2.76 bits per heavy atom. The molecule has 0 fully saturated rings. The minimum absolute atomic E-state index is 0.0388. The van der Waals surface area contributed by atoms with Gasteiger partial charge in [0, 0.05) is 5.69 Å². The Hall–Kier alpha value is -1.56. The third-order valence-electron chi connectivity index (χ3n) is 2.17. The number of rotatable bonds is 4. The lowest BCUT2D eigenvalue weighted by Crippen LogP contribution is -2.42. The molecule has 0 saturated carbocycles. The van der Waals surface area contributed by atoms with Crippen molar-refractivity contribution in [3.63, 3.8) is 0 Å². The molecule has 1 rings (SSSR count). The predicted octanol–water partition coefficient (Wildman–Crippen LogP) is 1.59. The van der Waals surface area contributed by atoms with Crippen LogP contribution in [0.5, 0.6) is 0 Å². The Labute approximate surface area is 97.8 Å². The molecule has 0 aromatic carbocycles. The van der Waals surface area contributed by atoms with Gasteiger partial charge in [-0.2, -0.15) is 8.78 Å². The Bertz CT molecular complexity index is 410. The van der Waals surface area contributed by atoms with Crippen LogP contribution >= 0.6 is 0 Å². The fourth-order valence-electron chi connectivity index (χ4n) is 1.28. The maximum atomic E-state index is 13.6. The number of carbonyl (C=O) groups is 1. The van der Waals surface area contributed by atoms with Crippen LogP contribution in [-0.4, -0.2) is 23.5 Å². The first-order valence-corrected chi connectivity index (χ1v) is 5.13. The molecule has 0 bridgehead atoms. The Morgan fingerprint density at radius 2 is 2.24 bits per heavy atom. The van der Waals surface area contributed by atoms with Gasteiger partial charge in [0.05, 0.1) is 12.3 Å². The van der Waals surface area contributed by atoms with Gasteiger partial charge in [-0.05, 0) is 26.0 Å². The van der Waals surface area contributed by atoms with Crippen LogP contribution in [0.2, 0.25) is 0 Å². The Morgan fingerprint density at radius 1 is 1.59 bits per heavy atom. The van der Waals surface area contributed by atoms with E-state index in [4.69, 9.17) is 5.73 Å². The second kappa shape index (κ2) is 5.18. The van der Waals surface area contributed by atoms with Gasteiger partial charge >= 0.3 is 11.9 Å². The summed E-state index contributed by atoms with van der Waals surface area (Å²) < 4.78 is 31.4. The van der Waals surface area contributed by atoms with Crippen LogP contribution in [0, 0.1) is 6.92 Å². The summed E-state index contributed by atoms with van der Waals surface area (Å²) in [6.45, 7) is 2.98. The van der Waals surface area contributed by atoms with Gasteiger partial charge in [0.15, 0.2) is 0 Å². The van der Waals surface area contributed by atoms with E-state index in [0.717, 1.165) is 0 Å². The third kappa shape index (κ3) is 2.97. The minimum atomic E-state index is -3.78. The van der Waals surface area contributed by atoms with E-state index in [0.29, 0.717) is 5.69 Å². The summed E-state index contributed by atoms with van der Waals surface area (Å²) in [6, 6.07) is 2.75. The topological polar surface area (TPSA) is 65.2 Å². The molecule has 0 aliphatic heterocycles. The van der Waals surface area contributed by atoms with E-state index in [2.05, 4.69) is 9.72 Å². The van der Waals surface area contributed by atoms with Crippen LogP contribution in [0.3, 0.4) is 0 Å². The number of nitrogens with two attached hydrogens (primary N) is 1. The van der Waals surface area contributed by atoms with Crippen molar-refractivity contribution >= 4 is 5.97 Å². The third-order valence-corrected chi connectivity index (χ3v) is 2.17. The largest absolute Gasteiger partial charge is 0.462 e. The molecule has 2 N–H and O–H groups in total. The van der Waals surface area contributed by atoms with Crippen LogP contribution in [0.4, 0.5) is 8.78 Å². The van der Waals surface area contributed by atoms with Gasteiger partial charge in [0.2, 0.25) is 0 Å². The van der Waals surface area contributed by atoms with Gasteiger partial charge in [-0.1, -0.05) is 6.07 Å². The Kier molecular flexibility index (Phi) is 4.11. The molecule has 0 saturated heterocycles. The number of nitrogens with zero attached hydrogens (tertiary/aromatic N) is 1. The van der Waals surface area contributed by atoms with Gasteiger partial charge in [0.1, 0.15) is 6.04 Å². The van der Waals surface area contributed by atoms with Gasteiger partial charge in [-0.15, -0.1) is 0 Å². The van der Waals surface area contributed by atoms with Crippen molar-refractivity contribution in [1.82, 2.24) is 4.98 Å². The number of alkyl halides is 2. The lowest BCUT2D eigenvalue weighted by molar-refractivity contribution is -0.175. The van der Waals surface area contributed by atoms with Gasteiger partial charge < -0.3 is 10.5 Å². The van der Waals surface area contributed by atoms with Crippen LogP contribution in [0.15, 0.2) is 18.2 Å². The van der Waals surface area contributed by atoms with E-state index in [1.165, 1.54) is 13.0 Å². The smallest absolute Gasteiger partial charge is 0.379 e. The van der Waals surface area contributed by atoms with E-state index >= 15 is 0 Å². The first-order valence-electron chi connectivity index (χ1n) is 5.13. The number of esters is 1. The number of halogens is 2. The van der Waals surface area contributed by atoms with Crippen molar-refractivity contribution in [2.75, 3.05) is 6.61 Å². The van der Waals surface area contributed by atoms with E-state index in [9.17, 15) is 13.6 Å². The summed E-state index contributed by atoms with van der Waals surface area (Å²) in [4.78, 5) is 15.0.